The third kappa shape index (κ3) is 4.80. The first-order chi connectivity index (χ1) is 8.33. The summed E-state index contributed by atoms with van der Waals surface area (Å²) in [6, 6.07) is -0.247. The van der Waals surface area contributed by atoms with Crippen LogP contribution in [0.5, 0.6) is 0 Å². The van der Waals surface area contributed by atoms with Gasteiger partial charge in [0.25, 0.3) is 0 Å². The number of allylic oxidation sites excluding steroid dienone is 2. The van der Waals surface area contributed by atoms with Crippen LogP contribution in [-0.4, -0.2) is 43.8 Å². The molecule has 0 fully saturated rings. The van der Waals surface area contributed by atoms with Crippen LogP contribution in [-0.2, 0) is 14.6 Å². The third-order valence-corrected chi connectivity index (χ3v) is 4.37. The zero-order valence-corrected chi connectivity index (χ0v) is 12.2. The highest BCUT2D eigenvalue weighted by molar-refractivity contribution is 7.90. The van der Waals surface area contributed by atoms with E-state index in [0.717, 1.165) is 12.8 Å². The maximum absolute atomic E-state index is 12.2. The van der Waals surface area contributed by atoms with Crippen LogP contribution >= 0.6 is 0 Å². The lowest BCUT2D eigenvalue weighted by molar-refractivity contribution is -0.133. The van der Waals surface area contributed by atoms with Crippen LogP contribution in [0.2, 0.25) is 0 Å². The van der Waals surface area contributed by atoms with Crippen LogP contribution in [0.1, 0.15) is 33.1 Å². The van der Waals surface area contributed by atoms with Crippen LogP contribution in [0.25, 0.3) is 0 Å². The Labute approximate surface area is 110 Å². The van der Waals surface area contributed by atoms with Crippen LogP contribution in [0.4, 0.5) is 0 Å². The Balaban J connectivity index is 2.58. The highest BCUT2D eigenvalue weighted by atomic mass is 32.2. The molecule has 0 aliphatic heterocycles. The van der Waals surface area contributed by atoms with Crippen molar-refractivity contribution in [2.24, 2.45) is 5.92 Å². The second kappa shape index (κ2) is 6.36. The van der Waals surface area contributed by atoms with Gasteiger partial charge in [-0.2, -0.15) is 0 Å². The van der Waals surface area contributed by atoms with Gasteiger partial charge in [0, 0.05) is 25.3 Å². The Morgan fingerprint density at radius 3 is 2.61 bits per heavy atom. The first-order valence-corrected chi connectivity index (χ1v) is 8.53. The summed E-state index contributed by atoms with van der Waals surface area (Å²) < 4.78 is 22.6. The van der Waals surface area contributed by atoms with E-state index in [0.29, 0.717) is 18.9 Å². The summed E-state index contributed by atoms with van der Waals surface area (Å²) >= 11 is 0. The molecule has 0 heterocycles. The van der Waals surface area contributed by atoms with Gasteiger partial charge in [0.2, 0.25) is 5.91 Å². The first-order valence-electron chi connectivity index (χ1n) is 6.47. The van der Waals surface area contributed by atoms with E-state index < -0.39 is 9.84 Å². The molecule has 4 nitrogen and oxygen atoms in total. The zero-order chi connectivity index (χ0) is 13.8. The Kier molecular flexibility index (Phi) is 5.38. The number of sulfone groups is 1. The second-order valence-corrected chi connectivity index (χ2v) is 7.28. The van der Waals surface area contributed by atoms with Gasteiger partial charge in [-0.1, -0.05) is 12.2 Å². The Morgan fingerprint density at radius 1 is 1.50 bits per heavy atom. The molecule has 0 N–H and O–H groups in total. The molecule has 18 heavy (non-hydrogen) atoms. The Hall–Kier alpha value is -0.840. The van der Waals surface area contributed by atoms with Gasteiger partial charge in [-0.05, 0) is 32.6 Å². The van der Waals surface area contributed by atoms with Gasteiger partial charge in [0.15, 0.2) is 0 Å². The second-order valence-electron chi connectivity index (χ2n) is 5.09. The van der Waals surface area contributed by atoms with Crippen molar-refractivity contribution in [2.45, 2.75) is 39.2 Å². The van der Waals surface area contributed by atoms with Gasteiger partial charge >= 0.3 is 0 Å². The van der Waals surface area contributed by atoms with E-state index in [2.05, 4.69) is 12.2 Å². The van der Waals surface area contributed by atoms with Crippen LogP contribution in [0, 0.1) is 5.92 Å². The largest absolute Gasteiger partial charge is 0.339 e. The number of amides is 1. The van der Waals surface area contributed by atoms with Crippen molar-refractivity contribution in [3.63, 3.8) is 0 Å². The van der Waals surface area contributed by atoms with Gasteiger partial charge in [-0.15, -0.1) is 0 Å². The minimum atomic E-state index is -3.05. The molecular formula is C13H23NO3S. The van der Waals surface area contributed by atoms with E-state index in [1.807, 2.05) is 6.92 Å². The minimum absolute atomic E-state index is 0.0348. The molecule has 0 saturated carbocycles. The molecule has 0 unspecified atom stereocenters. The summed E-state index contributed by atoms with van der Waals surface area (Å²) in [6.45, 7) is 4.25. The van der Waals surface area contributed by atoms with E-state index in [9.17, 15) is 13.2 Å². The maximum Gasteiger partial charge on any atom is 0.223 e. The van der Waals surface area contributed by atoms with Crippen LogP contribution < -0.4 is 0 Å². The Morgan fingerprint density at radius 2 is 2.17 bits per heavy atom. The van der Waals surface area contributed by atoms with E-state index >= 15 is 0 Å². The lowest BCUT2D eigenvalue weighted by atomic mass is 10.0. The quantitative estimate of drug-likeness (QED) is 0.691. The van der Waals surface area contributed by atoms with Gasteiger partial charge in [0.05, 0.1) is 5.75 Å². The number of nitrogens with zero attached hydrogens (tertiary/aromatic N) is 1. The van der Waals surface area contributed by atoms with Gasteiger partial charge in [0.1, 0.15) is 9.84 Å². The molecule has 2 atom stereocenters. The fourth-order valence-corrected chi connectivity index (χ4v) is 3.53. The molecule has 1 amide bonds. The molecule has 0 bridgehead atoms. The molecule has 0 aromatic rings. The average Bonchev–Trinajstić information content (AvgIpc) is 2.68. The van der Waals surface area contributed by atoms with Crippen LogP contribution in [0.15, 0.2) is 12.2 Å². The molecule has 104 valence electrons. The van der Waals surface area contributed by atoms with Gasteiger partial charge < -0.3 is 4.90 Å². The van der Waals surface area contributed by atoms with Gasteiger partial charge in [-0.25, -0.2) is 8.42 Å². The SMILES string of the molecule is CCN(C(=O)C[C@@H]1C=CCC1)[C@@H](C)CS(C)(=O)=O. The lowest BCUT2D eigenvalue weighted by Gasteiger charge is -2.28. The first kappa shape index (κ1) is 15.2. The summed E-state index contributed by atoms with van der Waals surface area (Å²) in [4.78, 5) is 13.8. The fraction of sp³-hybridized carbons (Fsp3) is 0.769. The molecule has 1 aliphatic carbocycles. The fourth-order valence-electron chi connectivity index (χ4n) is 2.47. The summed E-state index contributed by atoms with van der Waals surface area (Å²) in [5.41, 5.74) is 0. The molecule has 0 aromatic heterocycles. The van der Waals surface area contributed by atoms with E-state index in [1.54, 1.807) is 11.8 Å². The standard InChI is InChI=1S/C13H23NO3S/c1-4-14(11(2)10-18(3,16)17)13(15)9-12-7-5-6-8-12/h5,7,11-12H,4,6,8-10H2,1-3H3/t11-,12+/m0/s1. The molecule has 5 heteroatoms. The average molecular weight is 273 g/mol. The lowest BCUT2D eigenvalue weighted by Crippen LogP contribution is -2.42. The zero-order valence-electron chi connectivity index (χ0n) is 11.4. The third-order valence-electron chi connectivity index (χ3n) is 3.29. The van der Waals surface area contributed by atoms with Crippen molar-refractivity contribution in [1.82, 2.24) is 4.90 Å². The van der Waals surface area contributed by atoms with Crippen molar-refractivity contribution >= 4 is 15.7 Å². The number of hydrogen-bond donors (Lipinski definition) is 0. The summed E-state index contributed by atoms with van der Waals surface area (Å²) in [7, 11) is -3.05. The van der Waals surface area contributed by atoms with Crippen molar-refractivity contribution in [1.29, 1.82) is 0 Å². The number of carbonyl (C=O) groups excluding carboxylic acids is 1. The van der Waals surface area contributed by atoms with Crippen molar-refractivity contribution in [2.75, 3.05) is 18.6 Å². The Bertz CT molecular complexity index is 414. The van der Waals surface area contributed by atoms with Crippen molar-refractivity contribution in [3.05, 3.63) is 12.2 Å². The molecular weight excluding hydrogens is 250 g/mol. The highest BCUT2D eigenvalue weighted by Crippen LogP contribution is 2.21. The van der Waals surface area contributed by atoms with Gasteiger partial charge in [-0.3, -0.25) is 4.79 Å². The number of rotatable bonds is 6. The summed E-state index contributed by atoms with van der Waals surface area (Å²) in [6.07, 6.45) is 7.98. The minimum Gasteiger partial charge on any atom is -0.339 e. The smallest absolute Gasteiger partial charge is 0.223 e. The maximum atomic E-state index is 12.2. The van der Waals surface area contributed by atoms with Crippen molar-refractivity contribution in [3.8, 4) is 0 Å². The molecule has 1 rings (SSSR count). The predicted molar refractivity (Wildman–Crippen MR) is 73.0 cm³/mol. The topological polar surface area (TPSA) is 54.5 Å². The van der Waals surface area contributed by atoms with E-state index in [-0.39, 0.29) is 17.7 Å². The highest BCUT2D eigenvalue weighted by Gasteiger charge is 2.24. The van der Waals surface area contributed by atoms with Crippen LogP contribution in [0.3, 0.4) is 0 Å². The molecule has 1 aliphatic rings. The molecule has 0 spiro atoms. The normalized spacial score (nSPS) is 20.9. The number of carbonyl (C=O) groups is 1. The van der Waals surface area contributed by atoms with E-state index in [4.69, 9.17) is 0 Å². The number of hydrogen-bond acceptors (Lipinski definition) is 3. The van der Waals surface area contributed by atoms with Crippen molar-refractivity contribution < 1.29 is 13.2 Å². The molecule has 0 aromatic carbocycles. The monoisotopic (exact) mass is 273 g/mol. The predicted octanol–water partition coefficient (Wildman–Crippen LogP) is 1.62. The summed E-state index contributed by atoms with van der Waals surface area (Å²) in [5, 5.41) is 0. The van der Waals surface area contributed by atoms with E-state index in [1.165, 1.54) is 6.26 Å². The summed E-state index contributed by atoms with van der Waals surface area (Å²) in [5.74, 6) is 0.426. The molecule has 0 radical (unpaired) electrons. The molecule has 0 saturated heterocycles.